The lowest BCUT2D eigenvalue weighted by Crippen LogP contribution is -2.27. The monoisotopic (exact) mass is 300 g/mol. The molecule has 0 saturated heterocycles. The molecule has 0 atom stereocenters. The summed E-state index contributed by atoms with van der Waals surface area (Å²) >= 11 is 0. The third-order valence-corrected chi connectivity index (χ3v) is 3.53. The Hall–Kier alpha value is -2.07. The van der Waals surface area contributed by atoms with Crippen molar-refractivity contribution in [3.8, 4) is 17.0 Å². The van der Waals surface area contributed by atoms with E-state index < -0.39 is 0 Å². The Labute approximate surface area is 131 Å². The molecule has 2 rings (SSSR count). The predicted octanol–water partition coefficient (Wildman–Crippen LogP) is 3.34. The van der Waals surface area contributed by atoms with Crippen molar-refractivity contribution in [2.45, 2.75) is 39.8 Å². The SMILES string of the molecule is CCCOc1cccc(-c2ccc(CN)c(=O)n2C(C)C)c1. The van der Waals surface area contributed by atoms with E-state index in [-0.39, 0.29) is 18.1 Å². The Balaban J connectivity index is 2.53. The van der Waals surface area contributed by atoms with E-state index in [4.69, 9.17) is 10.5 Å². The number of nitrogens with two attached hydrogens (primary N) is 1. The van der Waals surface area contributed by atoms with E-state index in [9.17, 15) is 4.79 Å². The molecule has 1 aromatic heterocycles. The molecule has 0 spiro atoms. The highest BCUT2D eigenvalue weighted by atomic mass is 16.5. The first kappa shape index (κ1) is 16.3. The van der Waals surface area contributed by atoms with Gasteiger partial charge in [0.1, 0.15) is 5.75 Å². The highest BCUT2D eigenvalue weighted by molar-refractivity contribution is 5.62. The van der Waals surface area contributed by atoms with Crippen molar-refractivity contribution in [1.82, 2.24) is 4.57 Å². The largest absolute Gasteiger partial charge is 0.494 e. The molecule has 0 unspecified atom stereocenters. The second kappa shape index (κ2) is 7.27. The summed E-state index contributed by atoms with van der Waals surface area (Å²) in [5.41, 5.74) is 8.13. The molecular formula is C18H24N2O2. The van der Waals surface area contributed by atoms with Crippen molar-refractivity contribution in [2.24, 2.45) is 5.73 Å². The van der Waals surface area contributed by atoms with Gasteiger partial charge in [-0.25, -0.2) is 0 Å². The van der Waals surface area contributed by atoms with Crippen LogP contribution in [0.3, 0.4) is 0 Å². The Morgan fingerprint density at radius 1 is 1.23 bits per heavy atom. The van der Waals surface area contributed by atoms with E-state index >= 15 is 0 Å². The first-order valence-electron chi connectivity index (χ1n) is 7.76. The quantitative estimate of drug-likeness (QED) is 0.890. The van der Waals surface area contributed by atoms with Crippen molar-refractivity contribution in [3.63, 3.8) is 0 Å². The fourth-order valence-electron chi connectivity index (χ4n) is 2.46. The van der Waals surface area contributed by atoms with E-state index in [0.29, 0.717) is 12.2 Å². The van der Waals surface area contributed by atoms with Crippen LogP contribution in [-0.4, -0.2) is 11.2 Å². The van der Waals surface area contributed by atoms with E-state index in [1.54, 1.807) is 4.57 Å². The van der Waals surface area contributed by atoms with Crippen molar-refractivity contribution < 1.29 is 4.74 Å². The molecule has 0 aliphatic rings. The highest BCUT2D eigenvalue weighted by Crippen LogP contribution is 2.25. The van der Waals surface area contributed by atoms with Gasteiger partial charge in [0.15, 0.2) is 0 Å². The minimum absolute atomic E-state index is 0.0186. The molecule has 0 bridgehead atoms. The first-order valence-corrected chi connectivity index (χ1v) is 7.76. The standard InChI is InChI=1S/C18H24N2O2/c1-4-10-22-16-7-5-6-14(11-16)17-9-8-15(12-19)18(21)20(17)13(2)3/h5-9,11,13H,4,10,12,19H2,1-3H3. The number of hydrogen-bond acceptors (Lipinski definition) is 3. The lowest BCUT2D eigenvalue weighted by atomic mass is 10.1. The van der Waals surface area contributed by atoms with Gasteiger partial charge < -0.3 is 15.0 Å². The molecule has 4 nitrogen and oxygen atoms in total. The molecule has 0 saturated carbocycles. The molecule has 0 aliphatic heterocycles. The number of nitrogens with zero attached hydrogens (tertiary/aromatic N) is 1. The molecule has 0 aliphatic carbocycles. The average Bonchev–Trinajstić information content (AvgIpc) is 2.52. The summed E-state index contributed by atoms with van der Waals surface area (Å²) in [4.78, 5) is 12.5. The third kappa shape index (κ3) is 3.39. The van der Waals surface area contributed by atoms with Gasteiger partial charge in [-0.15, -0.1) is 0 Å². The van der Waals surface area contributed by atoms with Crippen LogP contribution in [-0.2, 0) is 6.54 Å². The Morgan fingerprint density at radius 2 is 2.00 bits per heavy atom. The molecule has 2 N–H and O–H groups in total. The maximum atomic E-state index is 12.5. The van der Waals surface area contributed by atoms with Crippen LogP contribution in [0, 0.1) is 0 Å². The zero-order valence-corrected chi connectivity index (χ0v) is 13.5. The fraction of sp³-hybridized carbons (Fsp3) is 0.389. The molecule has 118 valence electrons. The Bertz CT molecular complexity index is 690. The average molecular weight is 300 g/mol. The van der Waals surface area contributed by atoms with Crippen LogP contribution in [0.15, 0.2) is 41.2 Å². The van der Waals surface area contributed by atoms with Gasteiger partial charge in [-0.3, -0.25) is 4.79 Å². The van der Waals surface area contributed by atoms with E-state index in [1.165, 1.54) is 0 Å². The Kier molecular flexibility index (Phi) is 5.39. The van der Waals surface area contributed by atoms with Crippen LogP contribution < -0.4 is 16.0 Å². The van der Waals surface area contributed by atoms with E-state index in [1.807, 2.05) is 50.2 Å². The molecule has 22 heavy (non-hydrogen) atoms. The summed E-state index contributed by atoms with van der Waals surface area (Å²) in [6, 6.07) is 11.7. The summed E-state index contributed by atoms with van der Waals surface area (Å²) in [5, 5.41) is 0. The van der Waals surface area contributed by atoms with Crippen molar-refractivity contribution >= 4 is 0 Å². The van der Waals surface area contributed by atoms with Crippen LogP contribution in [0.4, 0.5) is 0 Å². The lowest BCUT2D eigenvalue weighted by molar-refractivity contribution is 0.317. The summed E-state index contributed by atoms with van der Waals surface area (Å²) in [7, 11) is 0. The van der Waals surface area contributed by atoms with Gasteiger partial charge in [0.25, 0.3) is 5.56 Å². The second-order valence-corrected chi connectivity index (χ2v) is 5.59. The Morgan fingerprint density at radius 3 is 2.64 bits per heavy atom. The van der Waals surface area contributed by atoms with E-state index in [0.717, 1.165) is 23.4 Å². The van der Waals surface area contributed by atoms with Crippen LogP contribution in [0.1, 0.15) is 38.8 Å². The third-order valence-electron chi connectivity index (χ3n) is 3.53. The highest BCUT2D eigenvalue weighted by Gasteiger charge is 2.12. The van der Waals surface area contributed by atoms with Crippen LogP contribution in [0.25, 0.3) is 11.3 Å². The fourth-order valence-corrected chi connectivity index (χ4v) is 2.46. The molecule has 4 heteroatoms. The first-order chi connectivity index (χ1) is 10.6. The minimum atomic E-state index is -0.0186. The number of benzene rings is 1. The van der Waals surface area contributed by atoms with Gasteiger partial charge in [-0.05, 0) is 38.5 Å². The van der Waals surface area contributed by atoms with Gasteiger partial charge in [0.2, 0.25) is 0 Å². The van der Waals surface area contributed by atoms with Crippen LogP contribution in [0.2, 0.25) is 0 Å². The van der Waals surface area contributed by atoms with Gasteiger partial charge in [-0.1, -0.05) is 25.1 Å². The molecular weight excluding hydrogens is 276 g/mol. The van der Waals surface area contributed by atoms with Crippen LogP contribution >= 0.6 is 0 Å². The molecule has 1 aromatic carbocycles. The van der Waals surface area contributed by atoms with Crippen molar-refractivity contribution in [3.05, 3.63) is 52.3 Å². The molecule has 0 amide bonds. The summed E-state index contributed by atoms with van der Waals surface area (Å²) in [5.74, 6) is 0.824. The predicted molar refractivity (Wildman–Crippen MR) is 90.2 cm³/mol. The molecule has 1 heterocycles. The maximum Gasteiger partial charge on any atom is 0.255 e. The number of ether oxygens (including phenoxy) is 1. The lowest BCUT2D eigenvalue weighted by Gasteiger charge is -2.18. The van der Waals surface area contributed by atoms with Crippen molar-refractivity contribution in [1.29, 1.82) is 0 Å². The smallest absolute Gasteiger partial charge is 0.255 e. The zero-order chi connectivity index (χ0) is 16.1. The van der Waals surface area contributed by atoms with Gasteiger partial charge >= 0.3 is 0 Å². The topological polar surface area (TPSA) is 57.2 Å². The number of aromatic nitrogens is 1. The minimum Gasteiger partial charge on any atom is -0.494 e. The normalized spacial score (nSPS) is 11.0. The molecule has 0 radical (unpaired) electrons. The summed E-state index contributed by atoms with van der Waals surface area (Å²) in [6.07, 6.45) is 0.964. The summed E-state index contributed by atoms with van der Waals surface area (Å²) in [6.45, 7) is 7.02. The van der Waals surface area contributed by atoms with E-state index in [2.05, 4.69) is 6.92 Å². The van der Waals surface area contributed by atoms with Gasteiger partial charge in [-0.2, -0.15) is 0 Å². The maximum absolute atomic E-state index is 12.5. The molecule has 2 aromatic rings. The van der Waals surface area contributed by atoms with Crippen LogP contribution in [0.5, 0.6) is 5.75 Å². The number of rotatable bonds is 6. The molecule has 0 fully saturated rings. The van der Waals surface area contributed by atoms with Crippen molar-refractivity contribution in [2.75, 3.05) is 6.61 Å². The van der Waals surface area contributed by atoms with Gasteiger partial charge in [0, 0.05) is 23.7 Å². The number of pyridine rings is 1. The van der Waals surface area contributed by atoms with Gasteiger partial charge in [0.05, 0.1) is 12.3 Å². The second-order valence-electron chi connectivity index (χ2n) is 5.59. The summed E-state index contributed by atoms with van der Waals surface area (Å²) < 4.78 is 7.48. The number of hydrogen-bond donors (Lipinski definition) is 1. The zero-order valence-electron chi connectivity index (χ0n) is 13.5.